The minimum atomic E-state index is -3.20. The third kappa shape index (κ3) is 6.22. The van der Waals surface area contributed by atoms with E-state index in [2.05, 4.69) is 25.6 Å². The maximum atomic E-state index is 14.3. The first-order valence-electron chi connectivity index (χ1n) is 8.89. The van der Waals surface area contributed by atoms with E-state index in [0.717, 1.165) is 11.0 Å². The maximum absolute atomic E-state index is 14.3. The predicted molar refractivity (Wildman–Crippen MR) is 108 cm³/mol. The maximum Gasteiger partial charge on any atom is 0.269 e. The van der Waals surface area contributed by atoms with Crippen LogP contribution in [-0.2, 0) is 17.8 Å². The Kier molecular flexibility index (Phi) is 6.86. The van der Waals surface area contributed by atoms with Crippen molar-refractivity contribution >= 4 is 29.1 Å². The van der Waals surface area contributed by atoms with Crippen molar-refractivity contribution in [3.8, 4) is 17.1 Å². The van der Waals surface area contributed by atoms with Gasteiger partial charge >= 0.3 is 0 Å². The quantitative estimate of drug-likeness (QED) is 0.462. The second-order valence-electron chi connectivity index (χ2n) is 6.63. The van der Waals surface area contributed by atoms with Gasteiger partial charge < -0.3 is 15.4 Å². The van der Waals surface area contributed by atoms with Crippen molar-refractivity contribution in [3.63, 3.8) is 0 Å². The summed E-state index contributed by atoms with van der Waals surface area (Å²) in [6.45, 7) is -1.11. The summed E-state index contributed by atoms with van der Waals surface area (Å²) in [6, 6.07) is 4.70. The molecule has 0 radical (unpaired) electrons. The fraction of sp³-hybridized carbons (Fsp3) is 0.278. The van der Waals surface area contributed by atoms with Crippen molar-refractivity contribution in [3.05, 3.63) is 56.7 Å². The zero-order chi connectivity index (χ0) is 22.6. The number of aromatic nitrogens is 5. The van der Waals surface area contributed by atoms with Crippen molar-refractivity contribution in [2.24, 2.45) is 0 Å². The standard InChI is InChI=1S/C18H16Cl2F2N6O3/c19-11-3-10(4-12(20)5-11)14-7-28(27-26-14)8-18(21,22)1-2-23-15(29)6-13-16(30)24-9-25-17(13)31/h3-5,7,9H,1-2,6,8H2,(H,23,29)(H2,24,25,30,31). The Morgan fingerprint density at radius 3 is 2.65 bits per heavy atom. The smallest absolute Gasteiger partial charge is 0.269 e. The average molecular weight is 473 g/mol. The Labute approximate surface area is 184 Å². The summed E-state index contributed by atoms with van der Waals surface area (Å²) in [7, 11) is 0. The molecular weight excluding hydrogens is 457 g/mol. The molecular formula is C18H16Cl2F2N6O3. The number of benzene rings is 1. The summed E-state index contributed by atoms with van der Waals surface area (Å²) in [5.41, 5.74) is -0.0676. The van der Waals surface area contributed by atoms with Gasteiger partial charge in [0.25, 0.3) is 11.5 Å². The van der Waals surface area contributed by atoms with Crippen LogP contribution >= 0.6 is 23.2 Å². The van der Waals surface area contributed by atoms with Crippen molar-refractivity contribution in [1.29, 1.82) is 0 Å². The van der Waals surface area contributed by atoms with Gasteiger partial charge in [0.05, 0.1) is 24.5 Å². The lowest BCUT2D eigenvalue weighted by Crippen LogP contribution is -2.34. The van der Waals surface area contributed by atoms with E-state index in [1.807, 2.05) is 0 Å². The van der Waals surface area contributed by atoms with Gasteiger partial charge in [-0.15, -0.1) is 5.10 Å². The van der Waals surface area contributed by atoms with Gasteiger partial charge in [-0.1, -0.05) is 28.4 Å². The highest BCUT2D eigenvalue weighted by Crippen LogP contribution is 2.26. The summed E-state index contributed by atoms with van der Waals surface area (Å²) in [4.78, 5) is 29.1. The van der Waals surface area contributed by atoms with E-state index in [9.17, 15) is 23.5 Å². The summed E-state index contributed by atoms with van der Waals surface area (Å²) in [5, 5.41) is 20.1. The molecule has 2 heterocycles. The first-order valence-corrected chi connectivity index (χ1v) is 9.65. The van der Waals surface area contributed by atoms with Crippen LogP contribution in [0, 0.1) is 0 Å². The highest BCUT2D eigenvalue weighted by molar-refractivity contribution is 6.35. The highest BCUT2D eigenvalue weighted by Gasteiger charge is 2.30. The van der Waals surface area contributed by atoms with Gasteiger partial charge in [0.1, 0.15) is 12.2 Å². The Bertz CT molecular complexity index is 1130. The molecule has 164 valence electrons. The minimum Gasteiger partial charge on any atom is -0.493 e. The third-order valence-electron chi connectivity index (χ3n) is 4.17. The molecule has 1 aromatic carbocycles. The van der Waals surface area contributed by atoms with Crippen LogP contribution in [0.4, 0.5) is 8.78 Å². The van der Waals surface area contributed by atoms with E-state index in [0.29, 0.717) is 21.3 Å². The van der Waals surface area contributed by atoms with E-state index < -0.39 is 42.7 Å². The molecule has 31 heavy (non-hydrogen) atoms. The third-order valence-corrected chi connectivity index (χ3v) is 4.60. The Balaban J connectivity index is 1.54. The molecule has 0 atom stereocenters. The molecule has 0 fully saturated rings. The van der Waals surface area contributed by atoms with Crippen molar-refractivity contribution in [2.45, 2.75) is 25.3 Å². The first-order chi connectivity index (χ1) is 14.6. The van der Waals surface area contributed by atoms with Crippen molar-refractivity contribution < 1.29 is 18.7 Å². The average Bonchev–Trinajstić information content (AvgIpc) is 3.11. The number of nitrogens with zero attached hydrogens (tertiary/aromatic N) is 4. The number of rotatable bonds is 8. The van der Waals surface area contributed by atoms with Gasteiger partial charge in [0.15, 0.2) is 0 Å². The van der Waals surface area contributed by atoms with Gasteiger partial charge in [-0.2, -0.15) is 0 Å². The number of hydrogen-bond donors (Lipinski definition) is 3. The summed E-state index contributed by atoms with van der Waals surface area (Å²) in [5.74, 6) is -4.49. The highest BCUT2D eigenvalue weighted by atomic mass is 35.5. The second-order valence-corrected chi connectivity index (χ2v) is 7.50. The number of aromatic hydroxyl groups is 1. The van der Waals surface area contributed by atoms with Crippen molar-refractivity contribution in [2.75, 3.05) is 6.54 Å². The molecule has 3 N–H and O–H groups in total. The summed E-state index contributed by atoms with van der Waals surface area (Å²) < 4.78 is 29.5. The molecule has 0 spiro atoms. The fourth-order valence-corrected chi connectivity index (χ4v) is 3.24. The minimum absolute atomic E-state index is 0.247. The molecule has 9 nitrogen and oxygen atoms in total. The number of aromatic amines is 1. The summed E-state index contributed by atoms with van der Waals surface area (Å²) >= 11 is 11.9. The lowest BCUT2D eigenvalue weighted by atomic mass is 10.2. The van der Waals surface area contributed by atoms with Gasteiger partial charge in [0.2, 0.25) is 11.8 Å². The Morgan fingerprint density at radius 2 is 1.97 bits per heavy atom. The van der Waals surface area contributed by atoms with Crippen molar-refractivity contribution in [1.82, 2.24) is 30.3 Å². The number of carbonyl (C=O) groups excluding carboxylic acids is 1. The first kappa shape index (κ1) is 22.6. The van der Waals surface area contributed by atoms with Gasteiger partial charge in [-0.05, 0) is 18.2 Å². The van der Waals surface area contributed by atoms with Crippen LogP contribution < -0.4 is 10.9 Å². The zero-order valence-corrected chi connectivity index (χ0v) is 17.3. The molecule has 0 saturated carbocycles. The molecule has 0 aliphatic rings. The lowest BCUT2D eigenvalue weighted by molar-refractivity contribution is -0.120. The van der Waals surface area contributed by atoms with E-state index >= 15 is 0 Å². The number of H-pyrrole nitrogens is 1. The van der Waals surface area contributed by atoms with E-state index in [1.54, 1.807) is 12.1 Å². The van der Waals surface area contributed by atoms with Crippen LogP contribution in [0.3, 0.4) is 0 Å². The van der Waals surface area contributed by atoms with Crippen LogP contribution in [0.1, 0.15) is 12.0 Å². The van der Waals surface area contributed by atoms with Gasteiger partial charge in [0, 0.05) is 28.6 Å². The molecule has 0 aliphatic carbocycles. The normalized spacial score (nSPS) is 11.5. The number of amides is 1. The fourth-order valence-electron chi connectivity index (χ4n) is 2.71. The number of nitrogens with one attached hydrogen (secondary N) is 2. The molecule has 3 aromatic rings. The number of alkyl halides is 2. The molecule has 0 bridgehead atoms. The van der Waals surface area contributed by atoms with Crippen LogP contribution in [0.5, 0.6) is 5.88 Å². The zero-order valence-electron chi connectivity index (χ0n) is 15.8. The number of halogens is 4. The summed E-state index contributed by atoms with van der Waals surface area (Å²) in [6.07, 6.45) is 1.16. The lowest BCUT2D eigenvalue weighted by Gasteiger charge is -2.16. The molecule has 0 aliphatic heterocycles. The molecule has 1 amide bonds. The molecule has 2 aromatic heterocycles. The monoisotopic (exact) mass is 472 g/mol. The molecule has 0 saturated heterocycles. The van der Waals surface area contributed by atoms with E-state index in [1.165, 1.54) is 12.3 Å². The topological polar surface area (TPSA) is 126 Å². The van der Waals surface area contributed by atoms with Crippen LogP contribution in [-0.4, -0.2) is 48.4 Å². The van der Waals surface area contributed by atoms with Crippen LogP contribution in [0.15, 0.2) is 35.5 Å². The largest absolute Gasteiger partial charge is 0.493 e. The van der Waals surface area contributed by atoms with Crippen LogP contribution in [0.25, 0.3) is 11.3 Å². The molecule has 13 heteroatoms. The SMILES string of the molecule is O=C(Cc1c(O)nc[nH]c1=O)NCCC(F)(F)Cn1cc(-c2cc(Cl)cc(Cl)c2)nn1. The molecule has 0 unspecified atom stereocenters. The number of hydrogen-bond acceptors (Lipinski definition) is 6. The predicted octanol–water partition coefficient (Wildman–Crippen LogP) is 2.43. The molecule has 3 rings (SSSR count). The van der Waals surface area contributed by atoms with Gasteiger partial charge in [-0.25, -0.2) is 18.4 Å². The number of carbonyl (C=O) groups is 1. The van der Waals surface area contributed by atoms with Gasteiger partial charge in [-0.3, -0.25) is 9.59 Å². The Hall–Kier alpha value is -3.05. The Morgan fingerprint density at radius 1 is 1.26 bits per heavy atom. The van der Waals surface area contributed by atoms with E-state index in [-0.39, 0.29) is 12.1 Å². The van der Waals surface area contributed by atoms with E-state index in [4.69, 9.17) is 23.2 Å². The second kappa shape index (κ2) is 9.40. The van der Waals surface area contributed by atoms with Crippen LogP contribution in [0.2, 0.25) is 10.0 Å².